The number of nitrogens with zero attached hydrogens (tertiary/aromatic N) is 2. The Morgan fingerprint density at radius 2 is 2.05 bits per heavy atom. The Morgan fingerprint density at radius 3 is 2.70 bits per heavy atom. The lowest BCUT2D eigenvalue weighted by Crippen LogP contribution is -2.51. The summed E-state index contributed by atoms with van der Waals surface area (Å²) in [5, 5.41) is 2.80. The Morgan fingerprint density at radius 1 is 1.35 bits per heavy atom. The van der Waals surface area contributed by atoms with Crippen molar-refractivity contribution in [2.45, 2.75) is 0 Å². The number of nitrogens with one attached hydrogen (secondary N) is 1. The Hall–Kier alpha value is -2.17. The van der Waals surface area contributed by atoms with E-state index in [2.05, 4.69) is 16.8 Å². The molecule has 0 bridgehead atoms. The maximum absolute atomic E-state index is 11.8. The summed E-state index contributed by atoms with van der Waals surface area (Å²) in [6, 6.07) is 7.94. The molecule has 0 unspecified atom stereocenters. The lowest BCUT2D eigenvalue weighted by Gasteiger charge is -2.36. The van der Waals surface area contributed by atoms with Crippen molar-refractivity contribution in [3.05, 3.63) is 36.9 Å². The number of piperazine rings is 1. The summed E-state index contributed by atoms with van der Waals surface area (Å²) in [4.78, 5) is 15.9. The SMILES string of the molecule is C=CCNC(=O)N1CCN(c2ccccc2OC)CC1. The fraction of sp³-hybridized carbons (Fsp3) is 0.400. The van der Waals surface area contributed by atoms with Gasteiger partial charge in [-0.2, -0.15) is 0 Å². The second-order valence-corrected chi connectivity index (χ2v) is 4.62. The minimum Gasteiger partial charge on any atom is -0.495 e. The number of carbonyl (C=O) groups excluding carboxylic acids is 1. The van der Waals surface area contributed by atoms with Gasteiger partial charge < -0.3 is 19.9 Å². The first-order chi connectivity index (χ1) is 9.76. The topological polar surface area (TPSA) is 44.8 Å². The van der Waals surface area contributed by atoms with E-state index < -0.39 is 0 Å². The molecule has 1 saturated heterocycles. The van der Waals surface area contributed by atoms with Crippen molar-refractivity contribution in [2.24, 2.45) is 0 Å². The Labute approximate surface area is 119 Å². The molecule has 0 radical (unpaired) electrons. The molecule has 20 heavy (non-hydrogen) atoms. The van der Waals surface area contributed by atoms with Crippen LogP contribution in [0.15, 0.2) is 36.9 Å². The van der Waals surface area contributed by atoms with Gasteiger partial charge in [-0.1, -0.05) is 18.2 Å². The van der Waals surface area contributed by atoms with Crippen molar-refractivity contribution in [1.82, 2.24) is 10.2 Å². The maximum Gasteiger partial charge on any atom is 0.317 e. The maximum atomic E-state index is 11.8. The standard InChI is InChI=1S/C15H21N3O2/c1-3-8-16-15(19)18-11-9-17(10-12-18)13-6-4-5-7-14(13)20-2/h3-7H,1,8-12H2,2H3,(H,16,19). The molecule has 5 nitrogen and oxygen atoms in total. The first kappa shape index (κ1) is 14.2. The van der Waals surface area contributed by atoms with Gasteiger partial charge in [0.25, 0.3) is 0 Å². The van der Waals surface area contributed by atoms with Crippen LogP contribution in [0.4, 0.5) is 10.5 Å². The number of methoxy groups -OCH3 is 1. The lowest BCUT2D eigenvalue weighted by molar-refractivity contribution is 0.195. The van der Waals surface area contributed by atoms with Gasteiger partial charge in [-0.05, 0) is 12.1 Å². The van der Waals surface area contributed by atoms with Crippen LogP contribution in [0.3, 0.4) is 0 Å². The smallest absolute Gasteiger partial charge is 0.317 e. The van der Waals surface area contributed by atoms with Crippen molar-refractivity contribution in [2.75, 3.05) is 44.7 Å². The molecule has 0 atom stereocenters. The predicted molar refractivity (Wildman–Crippen MR) is 80.4 cm³/mol. The Kier molecular flexibility index (Phi) is 4.87. The first-order valence-electron chi connectivity index (χ1n) is 6.78. The average molecular weight is 275 g/mol. The molecule has 1 aliphatic heterocycles. The molecular weight excluding hydrogens is 254 g/mol. The third-order valence-electron chi connectivity index (χ3n) is 3.39. The minimum atomic E-state index is -0.0235. The molecule has 0 spiro atoms. The molecule has 2 rings (SSSR count). The van der Waals surface area contributed by atoms with Crippen LogP contribution in [0.2, 0.25) is 0 Å². The molecule has 108 valence electrons. The van der Waals surface area contributed by atoms with E-state index in [1.54, 1.807) is 13.2 Å². The number of rotatable bonds is 4. The van der Waals surface area contributed by atoms with Crippen LogP contribution >= 0.6 is 0 Å². The van der Waals surface area contributed by atoms with E-state index in [1.165, 1.54) is 0 Å². The predicted octanol–water partition coefficient (Wildman–Crippen LogP) is 1.71. The van der Waals surface area contributed by atoms with Crippen LogP contribution in [0.25, 0.3) is 0 Å². The van der Waals surface area contributed by atoms with Gasteiger partial charge >= 0.3 is 6.03 Å². The molecule has 1 aromatic rings. The lowest BCUT2D eigenvalue weighted by atomic mass is 10.2. The summed E-state index contributed by atoms with van der Waals surface area (Å²) in [6.45, 7) is 7.13. The van der Waals surface area contributed by atoms with Crippen molar-refractivity contribution >= 4 is 11.7 Å². The van der Waals surface area contributed by atoms with E-state index in [0.717, 1.165) is 24.5 Å². The summed E-state index contributed by atoms with van der Waals surface area (Å²) < 4.78 is 5.38. The van der Waals surface area contributed by atoms with E-state index in [1.807, 2.05) is 29.2 Å². The van der Waals surface area contributed by atoms with Crippen LogP contribution in [-0.4, -0.2) is 50.8 Å². The normalized spacial score (nSPS) is 14.8. The molecule has 1 heterocycles. The average Bonchev–Trinajstić information content (AvgIpc) is 2.52. The monoisotopic (exact) mass is 275 g/mol. The molecule has 2 amide bonds. The highest BCUT2D eigenvalue weighted by molar-refractivity contribution is 5.74. The summed E-state index contributed by atoms with van der Waals surface area (Å²) >= 11 is 0. The molecule has 1 aromatic carbocycles. The second-order valence-electron chi connectivity index (χ2n) is 4.62. The van der Waals surface area contributed by atoms with E-state index in [4.69, 9.17) is 4.74 Å². The van der Waals surface area contributed by atoms with Crippen molar-refractivity contribution in [3.8, 4) is 5.75 Å². The summed E-state index contributed by atoms with van der Waals surface area (Å²) in [5.41, 5.74) is 1.08. The number of amides is 2. The quantitative estimate of drug-likeness (QED) is 0.851. The fourth-order valence-electron chi connectivity index (χ4n) is 2.31. The summed E-state index contributed by atoms with van der Waals surface area (Å²) in [7, 11) is 1.68. The van der Waals surface area contributed by atoms with E-state index >= 15 is 0 Å². The number of anilines is 1. The van der Waals surface area contributed by atoms with Gasteiger partial charge in [-0.3, -0.25) is 0 Å². The highest BCUT2D eigenvalue weighted by Crippen LogP contribution is 2.28. The van der Waals surface area contributed by atoms with Crippen molar-refractivity contribution in [3.63, 3.8) is 0 Å². The van der Waals surface area contributed by atoms with Crippen LogP contribution in [0, 0.1) is 0 Å². The van der Waals surface area contributed by atoms with Crippen LogP contribution in [-0.2, 0) is 0 Å². The molecule has 1 fully saturated rings. The zero-order chi connectivity index (χ0) is 14.4. The molecular formula is C15H21N3O2. The highest BCUT2D eigenvalue weighted by atomic mass is 16.5. The third-order valence-corrected chi connectivity index (χ3v) is 3.39. The van der Waals surface area contributed by atoms with Crippen molar-refractivity contribution in [1.29, 1.82) is 0 Å². The largest absolute Gasteiger partial charge is 0.495 e. The number of ether oxygens (including phenoxy) is 1. The van der Waals surface area contributed by atoms with Gasteiger partial charge in [0.05, 0.1) is 12.8 Å². The number of hydrogen-bond acceptors (Lipinski definition) is 3. The Bertz CT molecular complexity index is 468. The molecule has 5 heteroatoms. The van der Waals surface area contributed by atoms with Gasteiger partial charge in [0.1, 0.15) is 5.75 Å². The molecule has 0 saturated carbocycles. The minimum absolute atomic E-state index is 0.0235. The molecule has 0 aromatic heterocycles. The Balaban J connectivity index is 1.94. The zero-order valence-electron chi connectivity index (χ0n) is 11.8. The van der Waals surface area contributed by atoms with Gasteiger partial charge in [0.2, 0.25) is 0 Å². The number of urea groups is 1. The number of carbonyl (C=O) groups is 1. The first-order valence-corrected chi connectivity index (χ1v) is 6.78. The highest BCUT2D eigenvalue weighted by Gasteiger charge is 2.22. The van der Waals surface area contributed by atoms with Gasteiger partial charge in [-0.15, -0.1) is 6.58 Å². The molecule has 0 aliphatic carbocycles. The van der Waals surface area contributed by atoms with Gasteiger partial charge in [0, 0.05) is 32.7 Å². The number of hydrogen-bond donors (Lipinski definition) is 1. The summed E-state index contributed by atoms with van der Waals surface area (Å²) in [6.07, 6.45) is 1.68. The second kappa shape index (κ2) is 6.84. The van der Waals surface area contributed by atoms with Crippen LogP contribution in [0.5, 0.6) is 5.75 Å². The number of para-hydroxylation sites is 2. The van der Waals surface area contributed by atoms with E-state index in [-0.39, 0.29) is 6.03 Å². The van der Waals surface area contributed by atoms with Crippen LogP contribution in [0.1, 0.15) is 0 Å². The van der Waals surface area contributed by atoms with Gasteiger partial charge in [0.15, 0.2) is 0 Å². The summed E-state index contributed by atoms with van der Waals surface area (Å²) in [5.74, 6) is 0.872. The van der Waals surface area contributed by atoms with Crippen molar-refractivity contribution < 1.29 is 9.53 Å². The molecule has 1 aliphatic rings. The fourth-order valence-corrected chi connectivity index (χ4v) is 2.31. The third kappa shape index (κ3) is 3.23. The molecule has 1 N–H and O–H groups in total. The van der Waals surface area contributed by atoms with Crippen LogP contribution < -0.4 is 15.0 Å². The zero-order valence-corrected chi connectivity index (χ0v) is 11.8. The number of benzene rings is 1. The van der Waals surface area contributed by atoms with E-state index in [9.17, 15) is 4.79 Å². The van der Waals surface area contributed by atoms with E-state index in [0.29, 0.717) is 19.6 Å². The van der Waals surface area contributed by atoms with Gasteiger partial charge in [-0.25, -0.2) is 4.79 Å².